The lowest BCUT2D eigenvalue weighted by molar-refractivity contribution is 0.0600. The Morgan fingerprint density at radius 3 is 2.62 bits per heavy atom. The van der Waals surface area contributed by atoms with Crippen molar-refractivity contribution in [2.75, 3.05) is 18.9 Å². The SMILES string of the molecule is COC(=O)c1ccc(OC)c(S(=O)(=O)Nc2cc(-c3nnn[nH]3)ccc2-c2cccs2)c1. The van der Waals surface area contributed by atoms with Gasteiger partial charge in [0.05, 0.1) is 25.5 Å². The van der Waals surface area contributed by atoms with Crippen LogP contribution in [0.2, 0.25) is 0 Å². The first kappa shape index (κ1) is 21.5. The monoisotopic (exact) mass is 471 g/mol. The predicted molar refractivity (Wildman–Crippen MR) is 118 cm³/mol. The molecule has 164 valence electrons. The highest BCUT2D eigenvalue weighted by Gasteiger charge is 2.24. The maximum Gasteiger partial charge on any atom is 0.337 e. The molecule has 0 atom stereocenters. The molecule has 2 N–H and O–H groups in total. The highest BCUT2D eigenvalue weighted by Crippen LogP contribution is 2.36. The number of rotatable bonds is 7. The molecule has 0 saturated heterocycles. The fourth-order valence-corrected chi connectivity index (χ4v) is 5.07. The molecule has 4 aromatic rings. The molecule has 2 aromatic carbocycles. The second kappa shape index (κ2) is 8.77. The van der Waals surface area contributed by atoms with Gasteiger partial charge in [-0.3, -0.25) is 4.72 Å². The van der Waals surface area contributed by atoms with Gasteiger partial charge in [0.2, 0.25) is 0 Å². The van der Waals surface area contributed by atoms with E-state index < -0.39 is 16.0 Å². The number of thiophene rings is 1. The second-order valence-corrected chi connectivity index (χ2v) is 9.05. The molecule has 0 unspecified atom stereocenters. The van der Waals surface area contributed by atoms with Gasteiger partial charge in [-0.25, -0.2) is 18.3 Å². The number of benzene rings is 2. The Labute approximate surface area is 187 Å². The maximum atomic E-state index is 13.4. The van der Waals surface area contributed by atoms with Gasteiger partial charge in [0.15, 0.2) is 5.82 Å². The molecule has 0 bridgehead atoms. The molecule has 10 nitrogen and oxygen atoms in total. The fourth-order valence-electron chi connectivity index (χ4n) is 3.04. The predicted octanol–water partition coefficient (Wildman–Crippen LogP) is 3.19. The lowest BCUT2D eigenvalue weighted by Crippen LogP contribution is -2.16. The number of hydrogen-bond donors (Lipinski definition) is 2. The number of sulfonamides is 1. The summed E-state index contributed by atoms with van der Waals surface area (Å²) in [4.78, 5) is 12.6. The van der Waals surface area contributed by atoms with E-state index in [1.165, 1.54) is 43.8 Å². The summed E-state index contributed by atoms with van der Waals surface area (Å²) < 4.78 is 39.3. The summed E-state index contributed by atoms with van der Waals surface area (Å²) in [5.41, 5.74) is 1.65. The average Bonchev–Trinajstić information content (AvgIpc) is 3.52. The number of ether oxygens (including phenoxy) is 2. The summed E-state index contributed by atoms with van der Waals surface area (Å²) in [6.07, 6.45) is 0. The Kier molecular flexibility index (Phi) is 5.88. The minimum atomic E-state index is -4.16. The van der Waals surface area contributed by atoms with Gasteiger partial charge in [-0.15, -0.1) is 16.4 Å². The third kappa shape index (κ3) is 4.18. The third-order valence-electron chi connectivity index (χ3n) is 4.54. The van der Waals surface area contributed by atoms with E-state index in [1.54, 1.807) is 18.2 Å². The van der Waals surface area contributed by atoms with Crippen molar-refractivity contribution in [3.63, 3.8) is 0 Å². The molecule has 4 rings (SSSR count). The van der Waals surface area contributed by atoms with Gasteiger partial charge in [0.1, 0.15) is 10.6 Å². The number of tetrazole rings is 1. The number of nitrogens with one attached hydrogen (secondary N) is 2. The number of esters is 1. The number of hydrogen-bond acceptors (Lipinski definition) is 9. The third-order valence-corrected chi connectivity index (χ3v) is 6.83. The molecule has 2 heterocycles. The van der Waals surface area contributed by atoms with Crippen molar-refractivity contribution >= 4 is 33.0 Å². The smallest absolute Gasteiger partial charge is 0.337 e. The number of aromatic amines is 1. The summed E-state index contributed by atoms with van der Waals surface area (Å²) in [6.45, 7) is 0. The molecule has 0 amide bonds. The topological polar surface area (TPSA) is 136 Å². The van der Waals surface area contributed by atoms with Crippen molar-refractivity contribution in [2.24, 2.45) is 0 Å². The van der Waals surface area contributed by atoms with Crippen LogP contribution in [0.1, 0.15) is 10.4 Å². The van der Waals surface area contributed by atoms with Crippen molar-refractivity contribution in [3.05, 3.63) is 59.5 Å². The zero-order valence-corrected chi connectivity index (χ0v) is 18.5. The molecule has 32 heavy (non-hydrogen) atoms. The maximum absolute atomic E-state index is 13.4. The quantitative estimate of drug-likeness (QED) is 0.392. The van der Waals surface area contributed by atoms with Gasteiger partial charge in [0.25, 0.3) is 10.0 Å². The van der Waals surface area contributed by atoms with Crippen LogP contribution in [0.15, 0.2) is 58.8 Å². The number of H-pyrrole nitrogens is 1. The summed E-state index contributed by atoms with van der Waals surface area (Å²) in [6, 6.07) is 13.0. The summed E-state index contributed by atoms with van der Waals surface area (Å²) >= 11 is 1.46. The molecular weight excluding hydrogens is 454 g/mol. The number of anilines is 1. The Balaban J connectivity index is 1.82. The van der Waals surface area contributed by atoms with Crippen LogP contribution in [0, 0.1) is 0 Å². The highest BCUT2D eigenvalue weighted by molar-refractivity contribution is 7.92. The van der Waals surface area contributed by atoms with Crippen molar-refractivity contribution in [3.8, 4) is 27.6 Å². The molecule has 2 aromatic heterocycles. The van der Waals surface area contributed by atoms with Crippen molar-refractivity contribution in [1.29, 1.82) is 0 Å². The normalized spacial score (nSPS) is 11.2. The zero-order chi connectivity index (χ0) is 22.7. The van der Waals surface area contributed by atoms with E-state index in [9.17, 15) is 13.2 Å². The average molecular weight is 472 g/mol. The first-order chi connectivity index (χ1) is 15.4. The minimum Gasteiger partial charge on any atom is -0.495 e. The number of aromatic nitrogens is 4. The second-order valence-electron chi connectivity index (χ2n) is 6.45. The van der Waals surface area contributed by atoms with Gasteiger partial charge in [-0.1, -0.05) is 18.2 Å². The molecule has 0 spiro atoms. The van der Waals surface area contributed by atoms with Gasteiger partial charge in [-0.2, -0.15) is 0 Å². The van der Waals surface area contributed by atoms with Gasteiger partial charge >= 0.3 is 5.97 Å². The Morgan fingerprint density at radius 1 is 1.12 bits per heavy atom. The van der Waals surface area contributed by atoms with E-state index >= 15 is 0 Å². The minimum absolute atomic E-state index is 0.0774. The van der Waals surface area contributed by atoms with E-state index in [4.69, 9.17) is 9.47 Å². The van der Waals surface area contributed by atoms with Crippen LogP contribution in [0.3, 0.4) is 0 Å². The Morgan fingerprint density at radius 2 is 1.97 bits per heavy atom. The Bertz CT molecular complexity index is 1350. The van der Waals surface area contributed by atoms with Crippen LogP contribution < -0.4 is 9.46 Å². The van der Waals surface area contributed by atoms with Crippen LogP contribution in [0.5, 0.6) is 5.75 Å². The Hall–Kier alpha value is -3.77. The van der Waals surface area contributed by atoms with Crippen molar-refractivity contribution in [1.82, 2.24) is 20.6 Å². The van der Waals surface area contributed by atoms with Crippen LogP contribution in [0.4, 0.5) is 5.69 Å². The summed E-state index contributed by atoms with van der Waals surface area (Å²) in [5, 5.41) is 15.6. The summed E-state index contributed by atoms with van der Waals surface area (Å²) in [5.74, 6) is -0.199. The molecule has 0 aliphatic carbocycles. The van der Waals surface area contributed by atoms with Crippen LogP contribution in [-0.4, -0.2) is 49.2 Å². The van der Waals surface area contributed by atoms with Crippen LogP contribution in [-0.2, 0) is 14.8 Å². The van der Waals surface area contributed by atoms with Gasteiger partial charge in [0, 0.05) is 16.0 Å². The lowest BCUT2D eigenvalue weighted by Gasteiger charge is -2.15. The number of carbonyl (C=O) groups is 1. The van der Waals surface area contributed by atoms with E-state index in [0.717, 1.165) is 4.88 Å². The number of carbonyl (C=O) groups excluding carboxylic acids is 1. The standard InChI is InChI=1S/C20H17N5O5S2/c1-29-16-8-6-13(20(26)30-2)11-18(16)32(27,28)23-15-10-12(19-21-24-25-22-19)5-7-14(15)17-4-3-9-31-17/h3-11,23H,1-2H3,(H,21,22,24,25). The zero-order valence-electron chi connectivity index (χ0n) is 16.9. The molecule has 0 aliphatic heterocycles. The molecule has 0 fully saturated rings. The molecule has 0 radical (unpaired) electrons. The largest absolute Gasteiger partial charge is 0.495 e. The van der Waals surface area contributed by atoms with Crippen molar-refractivity contribution in [2.45, 2.75) is 4.90 Å². The first-order valence-electron chi connectivity index (χ1n) is 9.14. The molecule has 0 saturated carbocycles. The number of methoxy groups -OCH3 is 2. The summed E-state index contributed by atoms with van der Waals surface area (Å²) in [7, 11) is -1.59. The van der Waals surface area contributed by atoms with E-state index in [-0.39, 0.29) is 16.2 Å². The van der Waals surface area contributed by atoms with Crippen molar-refractivity contribution < 1.29 is 22.7 Å². The fraction of sp³-hybridized carbons (Fsp3) is 0.100. The molecule has 12 heteroatoms. The molecule has 0 aliphatic rings. The van der Waals surface area contributed by atoms with Crippen LogP contribution in [0.25, 0.3) is 21.8 Å². The van der Waals surface area contributed by atoms with E-state index in [2.05, 4.69) is 25.3 Å². The van der Waals surface area contributed by atoms with Gasteiger partial charge in [-0.05, 0) is 46.1 Å². The van der Waals surface area contributed by atoms with Crippen LogP contribution >= 0.6 is 11.3 Å². The first-order valence-corrected chi connectivity index (χ1v) is 11.5. The van der Waals surface area contributed by atoms with Gasteiger partial charge < -0.3 is 9.47 Å². The lowest BCUT2D eigenvalue weighted by atomic mass is 10.1. The van der Waals surface area contributed by atoms with E-state index in [1.807, 2.05) is 17.5 Å². The van der Waals surface area contributed by atoms with E-state index in [0.29, 0.717) is 22.6 Å². The highest BCUT2D eigenvalue weighted by atomic mass is 32.2. The number of nitrogens with zero attached hydrogens (tertiary/aromatic N) is 3. The molecular formula is C20H17N5O5S2.